The van der Waals surface area contributed by atoms with Crippen molar-refractivity contribution in [3.63, 3.8) is 0 Å². The van der Waals surface area contributed by atoms with Crippen LogP contribution in [0, 0.1) is 0 Å². The number of nitrogens with zero attached hydrogens (tertiary/aromatic N) is 6. The SMILES string of the molecule is COc1cc(/C=C/C(=O)N2CCN(C(=O)/C=C/c3ccc(OCCCCOc4cc5c(cc4OC)C(=O)N4CCC[C@H]4C=N5)c(OC)c3)CC2)ccc1OCCCCOc1cc2c(cc1OC)C(=O)N1CCC[C@H]1C=N2. The minimum absolute atomic E-state index is 0.0272. The first kappa shape index (κ1) is 52.8. The maximum absolute atomic E-state index is 13.2. The minimum atomic E-state index is -0.145. The molecule has 2 atom stereocenters. The quantitative estimate of drug-likeness (QED) is 0.0545. The van der Waals surface area contributed by atoms with Gasteiger partial charge in [-0.25, -0.2) is 0 Å². The number of amides is 4. The largest absolute Gasteiger partial charge is 0.493 e. The molecule has 5 heterocycles. The van der Waals surface area contributed by atoms with E-state index in [4.69, 9.17) is 37.9 Å². The third kappa shape index (κ3) is 12.4. The Kier molecular flexibility index (Phi) is 17.4. The molecule has 18 heteroatoms. The molecule has 0 N–H and O–H groups in total. The molecule has 5 aliphatic heterocycles. The molecule has 0 spiro atoms. The van der Waals surface area contributed by atoms with E-state index in [1.165, 1.54) is 12.2 Å². The molecule has 4 aromatic rings. The Bertz CT molecular complexity index is 2700. The van der Waals surface area contributed by atoms with Crippen molar-refractivity contribution >= 4 is 59.6 Å². The summed E-state index contributed by atoms with van der Waals surface area (Å²) in [5.74, 6) is 3.99. The van der Waals surface area contributed by atoms with Crippen molar-refractivity contribution in [1.29, 1.82) is 0 Å². The molecule has 4 amide bonds. The van der Waals surface area contributed by atoms with Gasteiger partial charge in [-0.15, -0.1) is 0 Å². The van der Waals surface area contributed by atoms with Gasteiger partial charge in [-0.3, -0.25) is 29.2 Å². The number of unbranched alkanes of at least 4 members (excludes halogenated alkanes) is 2. The van der Waals surface area contributed by atoms with Crippen molar-refractivity contribution < 1.29 is 57.1 Å². The van der Waals surface area contributed by atoms with E-state index < -0.39 is 0 Å². The fourth-order valence-corrected chi connectivity index (χ4v) is 9.88. The zero-order chi connectivity index (χ0) is 53.0. The van der Waals surface area contributed by atoms with Crippen LogP contribution in [-0.2, 0) is 9.59 Å². The van der Waals surface area contributed by atoms with Crippen molar-refractivity contribution in [2.24, 2.45) is 9.98 Å². The van der Waals surface area contributed by atoms with Crippen molar-refractivity contribution in [3.8, 4) is 46.0 Å². The number of fused-ring (bicyclic) bond motifs is 4. The number of benzene rings is 4. The molecule has 4 aromatic carbocycles. The summed E-state index contributed by atoms with van der Waals surface area (Å²) in [5.41, 5.74) is 3.78. The van der Waals surface area contributed by atoms with E-state index in [1.807, 2.05) is 58.6 Å². The maximum atomic E-state index is 13.2. The van der Waals surface area contributed by atoms with Crippen LogP contribution in [0.5, 0.6) is 46.0 Å². The minimum Gasteiger partial charge on any atom is -0.493 e. The zero-order valence-electron chi connectivity index (χ0n) is 43.7. The number of hydrogen-bond acceptors (Lipinski definition) is 14. The zero-order valence-corrected chi connectivity index (χ0v) is 43.7. The number of methoxy groups -OCH3 is 4. The van der Waals surface area contributed by atoms with Gasteiger partial charge in [0, 0.05) is 76.0 Å². The molecular weight excluding hydrogens is 973 g/mol. The van der Waals surface area contributed by atoms with Crippen LogP contribution in [0.15, 0.2) is 82.8 Å². The third-order valence-electron chi connectivity index (χ3n) is 14.1. The molecule has 76 heavy (non-hydrogen) atoms. The Morgan fingerprint density at radius 1 is 0.487 bits per heavy atom. The van der Waals surface area contributed by atoms with Gasteiger partial charge in [0.2, 0.25) is 11.8 Å². The molecule has 0 aromatic heterocycles. The van der Waals surface area contributed by atoms with Crippen LogP contribution in [0.3, 0.4) is 0 Å². The van der Waals surface area contributed by atoms with Gasteiger partial charge in [-0.2, -0.15) is 0 Å². The highest BCUT2D eigenvalue weighted by Gasteiger charge is 2.34. The van der Waals surface area contributed by atoms with Crippen molar-refractivity contribution in [3.05, 3.63) is 95.1 Å². The Morgan fingerprint density at radius 2 is 0.855 bits per heavy atom. The van der Waals surface area contributed by atoms with E-state index in [1.54, 1.807) is 74.7 Å². The molecule has 0 saturated carbocycles. The van der Waals surface area contributed by atoms with E-state index in [-0.39, 0.29) is 35.7 Å². The standard InChI is InChI=1S/C58H66N6O12/c1-69-49-31-39(13-17-47(49)73-27-5-7-29-75-53-35-45-43(33-51(53)71-3)57(67)63-21-9-11-41(63)37-59-45)15-19-55(65)61-23-25-62(26-24-61)56(66)20-16-40-14-18-48(50(32-40)70-2)74-28-6-8-30-76-54-36-46-44(34-52(54)72-4)58(68)64-22-10-12-42(64)38-60-46/h13-20,31-38,41-42H,5-12,21-30H2,1-4H3/b19-15+,20-16+/t41-,42-/m0/s1. The summed E-state index contributed by atoms with van der Waals surface area (Å²) in [6.07, 6.45) is 16.9. The van der Waals surface area contributed by atoms with Gasteiger partial charge in [0.15, 0.2) is 46.0 Å². The van der Waals surface area contributed by atoms with Crippen LogP contribution in [-0.4, -0.2) is 162 Å². The third-order valence-corrected chi connectivity index (χ3v) is 14.1. The van der Waals surface area contributed by atoms with Crippen molar-refractivity contribution in [2.45, 2.75) is 63.5 Å². The predicted molar refractivity (Wildman–Crippen MR) is 288 cm³/mol. The summed E-state index contributed by atoms with van der Waals surface area (Å²) in [6, 6.07) is 18.1. The summed E-state index contributed by atoms with van der Waals surface area (Å²) in [4.78, 5) is 69.2. The lowest BCUT2D eigenvalue weighted by Gasteiger charge is -2.33. The molecule has 5 aliphatic rings. The first-order valence-electron chi connectivity index (χ1n) is 26.1. The van der Waals surface area contributed by atoms with Crippen LogP contribution >= 0.6 is 0 Å². The number of rotatable bonds is 22. The summed E-state index contributed by atoms with van der Waals surface area (Å²) in [5, 5.41) is 0. The summed E-state index contributed by atoms with van der Waals surface area (Å²) in [6.45, 7) is 4.80. The fourth-order valence-electron chi connectivity index (χ4n) is 9.88. The first-order chi connectivity index (χ1) is 37.1. The second-order valence-electron chi connectivity index (χ2n) is 19.0. The fraction of sp³-hybridized carbons (Fsp3) is 0.414. The summed E-state index contributed by atoms with van der Waals surface area (Å²) in [7, 11) is 6.27. The average Bonchev–Trinajstić information content (AvgIpc) is 4.10. The van der Waals surface area contributed by atoms with Gasteiger partial charge < -0.3 is 57.5 Å². The Hall–Kier alpha value is -8.02. The number of carbonyl (C=O) groups is 4. The second-order valence-corrected chi connectivity index (χ2v) is 19.0. The number of hydrogen-bond donors (Lipinski definition) is 0. The highest BCUT2D eigenvalue weighted by atomic mass is 16.5. The predicted octanol–water partition coefficient (Wildman–Crippen LogP) is 8.24. The molecule has 0 bridgehead atoms. The Morgan fingerprint density at radius 3 is 1.24 bits per heavy atom. The number of aliphatic imine (C=N–C) groups is 2. The van der Waals surface area contributed by atoms with Gasteiger partial charge in [-0.1, -0.05) is 12.1 Å². The molecule has 0 radical (unpaired) electrons. The molecule has 3 fully saturated rings. The average molecular weight is 1040 g/mol. The van der Waals surface area contributed by atoms with E-state index in [0.717, 1.165) is 49.9 Å². The van der Waals surface area contributed by atoms with E-state index >= 15 is 0 Å². The lowest BCUT2D eigenvalue weighted by atomic mass is 10.1. The highest BCUT2D eigenvalue weighted by Crippen LogP contribution is 2.40. The van der Waals surface area contributed by atoms with Crippen LogP contribution in [0.2, 0.25) is 0 Å². The molecule has 18 nitrogen and oxygen atoms in total. The van der Waals surface area contributed by atoms with Gasteiger partial charge in [-0.05, 0) is 111 Å². The van der Waals surface area contributed by atoms with E-state index in [9.17, 15) is 19.2 Å². The molecule has 0 aliphatic carbocycles. The van der Waals surface area contributed by atoms with Gasteiger partial charge in [0.25, 0.3) is 11.8 Å². The summed E-state index contributed by atoms with van der Waals surface area (Å²) >= 11 is 0. The van der Waals surface area contributed by atoms with Gasteiger partial charge in [0.1, 0.15) is 0 Å². The molecular formula is C58H66N6O12. The number of piperazine rings is 1. The topological polar surface area (TPSA) is 180 Å². The highest BCUT2D eigenvalue weighted by molar-refractivity contribution is 6.04. The van der Waals surface area contributed by atoms with Gasteiger partial charge >= 0.3 is 0 Å². The van der Waals surface area contributed by atoms with E-state index in [0.29, 0.717) is 147 Å². The van der Waals surface area contributed by atoms with Gasteiger partial charge in [0.05, 0.1) is 89.5 Å². The van der Waals surface area contributed by atoms with E-state index in [2.05, 4.69) is 9.98 Å². The smallest absolute Gasteiger partial charge is 0.256 e. The first-order valence-corrected chi connectivity index (χ1v) is 26.1. The normalized spacial score (nSPS) is 17.7. The molecule has 0 unspecified atom stereocenters. The van der Waals surface area contributed by atoms with Crippen molar-refractivity contribution in [2.75, 3.05) is 94.1 Å². The molecule has 3 saturated heterocycles. The number of ether oxygens (including phenoxy) is 8. The molecule has 9 rings (SSSR count). The van der Waals surface area contributed by atoms with Crippen LogP contribution in [0.25, 0.3) is 12.2 Å². The van der Waals surface area contributed by atoms with Crippen LogP contribution in [0.4, 0.5) is 11.4 Å². The lowest BCUT2D eigenvalue weighted by Crippen LogP contribution is -2.49. The van der Waals surface area contributed by atoms with Crippen LogP contribution < -0.4 is 37.9 Å². The molecule has 400 valence electrons. The Balaban J connectivity index is 0.667. The van der Waals surface area contributed by atoms with Crippen LogP contribution in [0.1, 0.15) is 83.2 Å². The number of carbonyl (C=O) groups excluding carboxylic acids is 4. The lowest BCUT2D eigenvalue weighted by molar-refractivity contribution is -0.133. The Labute approximate surface area is 443 Å². The van der Waals surface area contributed by atoms with Crippen molar-refractivity contribution in [1.82, 2.24) is 19.6 Å². The monoisotopic (exact) mass is 1040 g/mol. The summed E-state index contributed by atoms with van der Waals surface area (Å²) < 4.78 is 46.6. The second kappa shape index (κ2) is 25.0. The maximum Gasteiger partial charge on any atom is 0.256 e.